The summed E-state index contributed by atoms with van der Waals surface area (Å²) in [5.41, 5.74) is -3.82. The lowest BCUT2D eigenvalue weighted by molar-refractivity contribution is -0.0500. The van der Waals surface area contributed by atoms with Crippen molar-refractivity contribution in [2.75, 3.05) is 0 Å². The van der Waals surface area contributed by atoms with Gasteiger partial charge in [-0.3, -0.25) is 0 Å². The molecule has 3 nitrogen and oxygen atoms in total. The molecule has 0 fully saturated rings. The Morgan fingerprint density at radius 1 is 0.714 bits per heavy atom. The van der Waals surface area contributed by atoms with Crippen LogP contribution in [0.1, 0.15) is 0 Å². The first-order chi connectivity index (χ1) is 13.3. The van der Waals surface area contributed by atoms with Crippen LogP contribution in [0.15, 0.2) is 78.9 Å². The number of alkyl halides is 3. The van der Waals surface area contributed by atoms with E-state index in [-0.39, 0.29) is 0 Å². The summed E-state index contributed by atoms with van der Waals surface area (Å²) in [7, 11) is -5.70. The van der Waals surface area contributed by atoms with Crippen LogP contribution in [0.3, 0.4) is 0 Å². The SMILES string of the molecule is O=S(=O)(Oc1ccc(-c2c3ccccc3cc3ccccc23)cc1)C(F)(F)F. The van der Waals surface area contributed by atoms with Crippen molar-refractivity contribution in [3.8, 4) is 16.9 Å². The number of halogens is 3. The third-order valence-electron chi connectivity index (χ3n) is 4.40. The van der Waals surface area contributed by atoms with Gasteiger partial charge in [0.05, 0.1) is 0 Å². The predicted molar refractivity (Wildman–Crippen MR) is 102 cm³/mol. The zero-order chi connectivity index (χ0) is 19.9. The van der Waals surface area contributed by atoms with E-state index in [0.29, 0.717) is 0 Å². The van der Waals surface area contributed by atoms with Gasteiger partial charge in [-0.1, -0.05) is 60.7 Å². The van der Waals surface area contributed by atoms with Crippen LogP contribution in [0, 0.1) is 0 Å². The van der Waals surface area contributed by atoms with Gasteiger partial charge in [0.1, 0.15) is 5.75 Å². The van der Waals surface area contributed by atoms with Gasteiger partial charge in [0.25, 0.3) is 0 Å². The predicted octanol–water partition coefficient (Wildman–Crippen LogP) is 5.89. The van der Waals surface area contributed by atoms with Gasteiger partial charge in [0.15, 0.2) is 0 Å². The normalized spacial score (nSPS) is 12.4. The third-order valence-corrected chi connectivity index (χ3v) is 5.38. The molecule has 0 spiro atoms. The fraction of sp³-hybridized carbons (Fsp3) is 0.0476. The molecule has 0 radical (unpaired) electrons. The highest BCUT2D eigenvalue weighted by Gasteiger charge is 2.48. The maximum atomic E-state index is 12.5. The molecule has 0 heterocycles. The number of fused-ring (bicyclic) bond motifs is 2. The van der Waals surface area contributed by atoms with E-state index in [0.717, 1.165) is 32.7 Å². The van der Waals surface area contributed by atoms with E-state index in [1.807, 2.05) is 48.5 Å². The fourth-order valence-corrected chi connectivity index (χ4v) is 3.63. The maximum Gasteiger partial charge on any atom is 0.534 e. The summed E-state index contributed by atoms with van der Waals surface area (Å²) in [5, 5.41) is 4.02. The van der Waals surface area contributed by atoms with Crippen molar-refractivity contribution >= 4 is 31.7 Å². The van der Waals surface area contributed by atoms with Crippen LogP contribution >= 0.6 is 0 Å². The van der Waals surface area contributed by atoms with Crippen molar-refractivity contribution in [2.45, 2.75) is 5.51 Å². The summed E-state index contributed by atoms with van der Waals surface area (Å²) in [6, 6.07) is 23.2. The first-order valence-electron chi connectivity index (χ1n) is 8.28. The molecule has 0 saturated heterocycles. The number of hydrogen-bond acceptors (Lipinski definition) is 3. The molecule has 0 saturated carbocycles. The molecule has 7 heteroatoms. The molecule has 0 N–H and O–H groups in total. The monoisotopic (exact) mass is 402 g/mol. The van der Waals surface area contributed by atoms with Crippen molar-refractivity contribution in [1.29, 1.82) is 0 Å². The summed E-state index contributed by atoms with van der Waals surface area (Å²) in [6.07, 6.45) is 0. The minimum absolute atomic E-state index is 0.398. The Balaban J connectivity index is 1.84. The lowest BCUT2D eigenvalue weighted by Gasteiger charge is -2.13. The first kappa shape index (κ1) is 18.3. The fourth-order valence-electron chi connectivity index (χ4n) is 3.18. The molecule has 0 aromatic heterocycles. The van der Waals surface area contributed by atoms with E-state index < -0.39 is 21.4 Å². The van der Waals surface area contributed by atoms with Crippen LogP contribution in [0.25, 0.3) is 32.7 Å². The van der Waals surface area contributed by atoms with Crippen molar-refractivity contribution in [1.82, 2.24) is 0 Å². The van der Waals surface area contributed by atoms with E-state index in [1.54, 1.807) is 12.1 Å². The minimum atomic E-state index is -5.70. The molecule has 0 aliphatic heterocycles. The van der Waals surface area contributed by atoms with Gasteiger partial charge in [-0.25, -0.2) is 0 Å². The van der Waals surface area contributed by atoms with E-state index in [9.17, 15) is 21.6 Å². The Morgan fingerprint density at radius 2 is 1.21 bits per heavy atom. The van der Waals surface area contributed by atoms with Crippen LogP contribution in [0.2, 0.25) is 0 Å². The largest absolute Gasteiger partial charge is 0.534 e. The van der Waals surface area contributed by atoms with Crippen LogP contribution in [-0.4, -0.2) is 13.9 Å². The molecule has 0 unspecified atom stereocenters. The van der Waals surface area contributed by atoms with Gasteiger partial charge in [0, 0.05) is 0 Å². The van der Waals surface area contributed by atoms with E-state index in [1.165, 1.54) is 12.1 Å². The molecule has 0 atom stereocenters. The Kier molecular flexibility index (Phi) is 4.27. The number of hydrogen-bond donors (Lipinski definition) is 0. The summed E-state index contributed by atoms with van der Waals surface area (Å²) in [4.78, 5) is 0. The summed E-state index contributed by atoms with van der Waals surface area (Å²) in [6.45, 7) is 0. The molecule has 142 valence electrons. The van der Waals surface area contributed by atoms with E-state index >= 15 is 0 Å². The van der Waals surface area contributed by atoms with Gasteiger partial charge in [-0.2, -0.15) is 21.6 Å². The molecule has 4 aromatic carbocycles. The van der Waals surface area contributed by atoms with Gasteiger partial charge >= 0.3 is 15.6 Å². The second-order valence-corrected chi connectivity index (χ2v) is 7.74. The van der Waals surface area contributed by atoms with E-state index in [2.05, 4.69) is 10.2 Å². The highest BCUT2D eigenvalue weighted by molar-refractivity contribution is 7.88. The molecule has 28 heavy (non-hydrogen) atoms. The van der Waals surface area contributed by atoms with Crippen molar-refractivity contribution in [3.05, 3.63) is 78.9 Å². The quantitative estimate of drug-likeness (QED) is 0.244. The number of benzene rings is 4. The van der Waals surface area contributed by atoms with Crippen LogP contribution < -0.4 is 4.18 Å². The standard InChI is InChI=1S/C21H13F3O3S/c22-21(23,24)28(25,26)27-17-11-9-14(10-12-17)20-18-7-3-1-5-15(18)13-16-6-2-4-8-19(16)20/h1-13H. The van der Waals surface area contributed by atoms with Gasteiger partial charge in [-0.05, 0) is 50.9 Å². The van der Waals surface area contributed by atoms with Crippen molar-refractivity contribution in [2.24, 2.45) is 0 Å². The lowest BCUT2D eigenvalue weighted by Crippen LogP contribution is -2.28. The van der Waals surface area contributed by atoms with Gasteiger partial charge in [0.2, 0.25) is 0 Å². The topological polar surface area (TPSA) is 43.4 Å². The molecule has 0 aliphatic rings. The highest BCUT2D eigenvalue weighted by atomic mass is 32.2. The highest BCUT2D eigenvalue weighted by Crippen LogP contribution is 2.37. The third kappa shape index (κ3) is 3.18. The number of rotatable bonds is 3. The van der Waals surface area contributed by atoms with Gasteiger partial charge in [-0.15, -0.1) is 0 Å². The van der Waals surface area contributed by atoms with Crippen LogP contribution in [0.4, 0.5) is 13.2 Å². The lowest BCUT2D eigenvalue weighted by atomic mass is 9.92. The molecular weight excluding hydrogens is 389 g/mol. The smallest absolute Gasteiger partial charge is 0.376 e. The summed E-state index contributed by atoms with van der Waals surface area (Å²) < 4.78 is 64.0. The summed E-state index contributed by atoms with van der Waals surface area (Å²) in [5.74, 6) is -0.398. The average Bonchev–Trinajstić information content (AvgIpc) is 2.66. The Hall–Kier alpha value is -3.06. The van der Waals surface area contributed by atoms with E-state index in [4.69, 9.17) is 0 Å². The van der Waals surface area contributed by atoms with Gasteiger partial charge < -0.3 is 4.18 Å². The molecule has 0 aliphatic carbocycles. The zero-order valence-electron chi connectivity index (χ0n) is 14.3. The molecule has 0 bridgehead atoms. The second-order valence-electron chi connectivity index (χ2n) is 6.20. The molecule has 4 aromatic rings. The Bertz CT molecular complexity index is 1220. The second kappa shape index (κ2) is 6.53. The first-order valence-corrected chi connectivity index (χ1v) is 9.69. The van der Waals surface area contributed by atoms with Crippen molar-refractivity contribution < 1.29 is 25.8 Å². The van der Waals surface area contributed by atoms with Crippen LogP contribution in [0.5, 0.6) is 5.75 Å². The average molecular weight is 402 g/mol. The molecule has 4 rings (SSSR count). The zero-order valence-corrected chi connectivity index (χ0v) is 15.1. The Morgan fingerprint density at radius 3 is 1.71 bits per heavy atom. The summed E-state index contributed by atoms with van der Waals surface area (Å²) >= 11 is 0. The van der Waals surface area contributed by atoms with Crippen molar-refractivity contribution in [3.63, 3.8) is 0 Å². The molecule has 0 amide bonds. The Labute approximate surface area is 159 Å². The minimum Gasteiger partial charge on any atom is -0.376 e. The molecular formula is C21H13F3O3S. The maximum absolute atomic E-state index is 12.5. The van der Waals surface area contributed by atoms with Crippen LogP contribution in [-0.2, 0) is 10.1 Å².